The third-order valence-corrected chi connectivity index (χ3v) is 7.52. The first-order valence-corrected chi connectivity index (χ1v) is 12.1. The molecule has 34 heavy (non-hydrogen) atoms. The molecule has 2 heterocycles. The number of hydrogen-bond acceptors (Lipinski definition) is 4. The normalized spacial score (nSPS) is 14.5. The van der Waals surface area contributed by atoms with Crippen LogP contribution in [0.15, 0.2) is 73.3 Å². The first-order chi connectivity index (χ1) is 16.4. The van der Waals surface area contributed by atoms with Gasteiger partial charge in [0.2, 0.25) is 6.43 Å². The number of hydrogen-bond donors (Lipinski definition) is 1. The van der Waals surface area contributed by atoms with Crippen molar-refractivity contribution in [3.63, 3.8) is 0 Å². The van der Waals surface area contributed by atoms with Crippen LogP contribution in [-0.2, 0) is 6.54 Å². The summed E-state index contributed by atoms with van der Waals surface area (Å²) < 4.78 is 32.6. The molecule has 1 aliphatic rings. The van der Waals surface area contributed by atoms with E-state index >= 15 is 0 Å². The summed E-state index contributed by atoms with van der Waals surface area (Å²) in [6.07, 6.45) is -2.25. The Kier molecular flexibility index (Phi) is 6.30. The van der Waals surface area contributed by atoms with E-state index in [9.17, 15) is 13.9 Å². The summed E-state index contributed by atoms with van der Waals surface area (Å²) >= 11 is 7.91. The van der Waals surface area contributed by atoms with Crippen molar-refractivity contribution in [2.24, 2.45) is 5.92 Å². The van der Waals surface area contributed by atoms with Crippen molar-refractivity contribution in [2.75, 3.05) is 13.1 Å². The number of phenols is 1. The topological polar surface area (TPSA) is 32.7 Å². The van der Waals surface area contributed by atoms with Gasteiger partial charge in [0.05, 0.1) is 4.88 Å². The first-order valence-electron chi connectivity index (χ1n) is 10.9. The standard InChI is InChI=1S/C27H22ClF2NO2S/c1-16(21-4-2-3-5-23(21)28)26-25(22-11-8-19(32)12-24(22)34-26)33-20-9-6-17(7-10-20)13-31-14-18(15-31)27(29)30/h2-12,18,27,32H,1,13-15H2. The summed E-state index contributed by atoms with van der Waals surface area (Å²) in [5, 5.41) is 11.4. The van der Waals surface area contributed by atoms with Crippen LogP contribution in [0, 0.1) is 5.92 Å². The van der Waals surface area contributed by atoms with Crippen LogP contribution in [0.5, 0.6) is 17.2 Å². The van der Waals surface area contributed by atoms with Crippen molar-refractivity contribution >= 4 is 38.6 Å². The van der Waals surface area contributed by atoms with Gasteiger partial charge >= 0.3 is 0 Å². The fourth-order valence-electron chi connectivity index (χ4n) is 4.13. The molecule has 0 radical (unpaired) electrons. The first kappa shape index (κ1) is 22.8. The third kappa shape index (κ3) is 4.53. The van der Waals surface area contributed by atoms with Crippen molar-refractivity contribution in [3.05, 3.63) is 94.3 Å². The predicted octanol–water partition coefficient (Wildman–Crippen LogP) is 7.81. The lowest BCUT2D eigenvalue weighted by Gasteiger charge is -2.38. The molecule has 0 saturated carbocycles. The summed E-state index contributed by atoms with van der Waals surface area (Å²) in [5.41, 5.74) is 2.60. The van der Waals surface area contributed by atoms with E-state index in [0.717, 1.165) is 31.7 Å². The van der Waals surface area contributed by atoms with E-state index in [1.54, 1.807) is 12.1 Å². The van der Waals surface area contributed by atoms with Crippen molar-refractivity contribution < 1.29 is 18.6 Å². The zero-order valence-electron chi connectivity index (χ0n) is 18.2. The number of likely N-dealkylation sites (tertiary alicyclic amines) is 1. The lowest BCUT2D eigenvalue weighted by atomic mass is 10.00. The SMILES string of the molecule is C=C(c1ccccc1Cl)c1sc2cc(O)ccc2c1Oc1ccc(CN2CC(C(F)F)C2)cc1. The number of fused-ring (bicyclic) bond motifs is 1. The van der Waals surface area contributed by atoms with Gasteiger partial charge in [0.25, 0.3) is 0 Å². The fraction of sp³-hybridized carbons (Fsp3) is 0.185. The van der Waals surface area contributed by atoms with Crippen LogP contribution < -0.4 is 4.74 Å². The highest BCUT2D eigenvalue weighted by Crippen LogP contribution is 2.46. The molecule has 0 amide bonds. The predicted molar refractivity (Wildman–Crippen MR) is 134 cm³/mol. The van der Waals surface area contributed by atoms with E-state index in [0.29, 0.717) is 36.2 Å². The van der Waals surface area contributed by atoms with Gasteiger partial charge in [0.15, 0.2) is 5.75 Å². The van der Waals surface area contributed by atoms with E-state index in [-0.39, 0.29) is 5.75 Å². The van der Waals surface area contributed by atoms with Crippen LogP contribution in [0.25, 0.3) is 15.7 Å². The maximum absolute atomic E-state index is 12.7. The largest absolute Gasteiger partial charge is 0.508 e. The fourth-order valence-corrected chi connectivity index (χ4v) is 5.52. The number of thiophene rings is 1. The number of benzene rings is 3. The highest BCUT2D eigenvalue weighted by molar-refractivity contribution is 7.20. The molecule has 1 fully saturated rings. The zero-order valence-corrected chi connectivity index (χ0v) is 19.8. The molecule has 3 nitrogen and oxygen atoms in total. The Morgan fingerprint density at radius 2 is 1.85 bits per heavy atom. The van der Waals surface area contributed by atoms with E-state index in [4.69, 9.17) is 16.3 Å². The molecule has 1 aromatic heterocycles. The number of nitrogens with zero attached hydrogens (tertiary/aromatic N) is 1. The molecule has 5 rings (SSSR count). The average molecular weight is 498 g/mol. The Morgan fingerprint density at radius 1 is 1.12 bits per heavy atom. The molecule has 1 saturated heterocycles. The molecular formula is C27H22ClF2NO2S. The molecule has 4 aromatic rings. The average Bonchev–Trinajstić information content (AvgIpc) is 3.14. The van der Waals surface area contributed by atoms with Crippen LogP contribution in [0.3, 0.4) is 0 Å². The molecule has 1 N–H and O–H groups in total. The molecule has 0 bridgehead atoms. The number of rotatable bonds is 7. The third-order valence-electron chi connectivity index (χ3n) is 5.99. The molecule has 0 unspecified atom stereocenters. The summed E-state index contributed by atoms with van der Waals surface area (Å²) in [4.78, 5) is 2.84. The second-order valence-corrected chi connectivity index (χ2v) is 9.89. The van der Waals surface area contributed by atoms with E-state index < -0.39 is 12.3 Å². The minimum Gasteiger partial charge on any atom is -0.508 e. The lowest BCUT2D eigenvalue weighted by molar-refractivity contribution is -0.0279. The molecule has 0 spiro atoms. The summed E-state index contributed by atoms with van der Waals surface area (Å²) in [7, 11) is 0. The summed E-state index contributed by atoms with van der Waals surface area (Å²) in [6, 6.07) is 20.4. The second kappa shape index (κ2) is 9.37. The van der Waals surface area contributed by atoms with Crippen LogP contribution in [0.1, 0.15) is 16.0 Å². The molecule has 1 aliphatic heterocycles. The quantitative estimate of drug-likeness (QED) is 0.282. The molecule has 174 valence electrons. The van der Waals surface area contributed by atoms with Crippen molar-refractivity contribution in [1.29, 1.82) is 0 Å². The number of aromatic hydroxyl groups is 1. The van der Waals surface area contributed by atoms with Crippen LogP contribution in [0.2, 0.25) is 5.02 Å². The van der Waals surface area contributed by atoms with Gasteiger partial charge in [-0.05, 0) is 47.5 Å². The Bertz CT molecular complexity index is 1350. The maximum Gasteiger partial charge on any atom is 0.243 e. The molecule has 3 aromatic carbocycles. The van der Waals surface area contributed by atoms with Gasteiger partial charge in [0.1, 0.15) is 11.5 Å². The smallest absolute Gasteiger partial charge is 0.243 e. The Balaban J connectivity index is 1.41. The molecular weight excluding hydrogens is 476 g/mol. The van der Waals surface area contributed by atoms with Crippen molar-refractivity contribution in [1.82, 2.24) is 4.90 Å². The van der Waals surface area contributed by atoms with Gasteiger partial charge in [-0.1, -0.05) is 48.5 Å². The summed E-state index contributed by atoms with van der Waals surface area (Å²) in [5.74, 6) is 0.970. The number of halogens is 3. The van der Waals surface area contributed by atoms with Gasteiger partial charge in [-0.15, -0.1) is 11.3 Å². The minimum absolute atomic E-state index is 0.180. The second-order valence-electron chi connectivity index (χ2n) is 8.43. The number of alkyl halides is 2. The highest BCUT2D eigenvalue weighted by atomic mass is 35.5. The minimum atomic E-state index is -2.25. The van der Waals surface area contributed by atoms with Crippen molar-refractivity contribution in [2.45, 2.75) is 13.0 Å². The number of ether oxygens (including phenoxy) is 1. The van der Waals surface area contributed by atoms with Gasteiger partial charge < -0.3 is 9.84 Å². The van der Waals surface area contributed by atoms with Gasteiger partial charge in [-0.2, -0.15) is 0 Å². The van der Waals surface area contributed by atoms with Crippen molar-refractivity contribution in [3.8, 4) is 17.2 Å². The van der Waals surface area contributed by atoms with Gasteiger partial charge in [-0.25, -0.2) is 8.78 Å². The number of phenolic OH excluding ortho intramolecular Hbond substituents is 1. The van der Waals surface area contributed by atoms with Gasteiger partial charge in [-0.3, -0.25) is 4.90 Å². The Morgan fingerprint density at radius 3 is 2.56 bits per heavy atom. The van der Waals surface area contributed by atoms with Crippen LogP contribution >= 0.6 is 22.9 Å². The van der Waals surface area contributed by atoms with E-state index in [1.165, 1.54) is 11.3 Å². The molecule has 0 atom stereocenters. The highest BCUT2D eigenvalue weighted by Gasteiger charge is 2.33. The maximum atomic E-state index is 12.7. The Hall–Kier alpha value is -2.93. The zero-order chi connectivity index (χ0) is 23.8. The van der Waals surface area contributed by atoms with Crippen LogP contribution in [-0.4, -0.2) is 29.5 Å². The lowest BCUT2D eigenvalue weighted by Crippen LogP contribution is -2.49. The monoisotopic (exact) mass is 497 g/mol. The summed E-state index contributed by atoms with van der Waals surface area (Å²) in [6.45, 7) is 5.77. The van der Waals surface area contributed by atoms with Crippen LogP contribution in [0.4, 0.5) is 8.78 Å². The Labute approximate surface area is 205 Å². The van der Waals surface area contributed by atoms with E-state index in [2.05, 4.69) is 6.58 Å². The van der Waals surface area contributed by atoms with Gasteiger partial charge in [0, 0.05) is 46.2 Å². The molecule has 0 aliphatic carbocycles. The molecule has 7 heteroatoms. The van der Waals surface area contributed by atoms with E-state index in [1.807, 2.05) is 59.5 Å².